The van der Waals surface area contributed by atoms with Crippen molar-refractivity contribution in [1.29, 1.82) is 0 Å². The van der Waals surface area contributed by atoms with Crippen molar-refractivity contribution in [2.75, 3.05) is 6.61 Å². The lowest BCUT2D eigenvalue weighted by Crippen LogP contribution is -2.47. The van der Waals surface area contributed by atoms with Gasteiger partial charge in [0.2, 0.25) is 0 Å². The van der Waals surface area contributed by atoms with E-state index in [9.17, 15) is 18.0 Å². The summed E-state index contributed by atoms with van der Waals surface area (Å²) >= 11 is 0. The highest BCUT2D eigenvalue weighted by Gasteiger charge is 2.31. The number of carbonyl (C=O) groups excluding carboxylic acids is 2. The summed E-state index contributed by atoms with van der Waals surface area (Å²) in [6, 6.07) is 14.9. The minimum Gasteiger partial charge on any atom is -0.458 e. The Balaban J connectivity index is 2.28. The molecule has 0 saturated heterocycles. The molecule has 2 rings (SSSR count). The van der Waals surface area contributed by atoms with Gasteiger partial charge in [-0.2, -0.15) is 8.42 Å². The Morgan fingerprint density at radius 3 is 2.05 bits per heavy atom. The highest BCUT2D eigenvalue weighted by atomic mass is 32.2. The lowest BCUT2D eigenvalue weighted by molar-refractivity contribution is -0.158. The molecule has 0 aromatic heterocycles. The molecule has 39 heavy (non-hydrogen) atoms. The molecule has 1 amide bonds. The largest absolute Gasteiger partial charge is 0.458 e. The molecule has 0 aliphatic rings. The highest BCUT2D eigenvalue weighted by molar-refractivity contribution is 7.86. The van der Waals surface area contributed by atoms with Crippen molar-refractivity contribution < 1.29 is 31.7 Å². The first-order chi connectivity index (χ1) is 18.0. The second kappa shape index (κ2) is 13.8. The first-order valence-corrected chi connectivity index (χ1v) is 14.3. The number of allylic oxidation sites excluding steroid dienone is 1. The van der Waals surface area contributed by atoms with Crippen molar-refractivity contribution in [1.82, 2.24) is 5.32 Å². The Kier molecular flexibility index (Phi) is 11.3. The molecule has 0 bridgehead atoms. The van der Waals surface area contributed by atoms with Crippen LogP contribution in [0.2, 0.25) is 0 Å². The molecule has 0 aliphatic carbocycles. The fourth-order valence-corrected chi connectivity index (χ4v) is 4.50. The smallest absolute Gasteiger partial charge is 0.408 e. The van der Waals surface area contributed by atoms with Crippen molar-refractivity contribution >= 4 is 28.3 Å². The van der Waals surface area contributed by atoms with E-state index in [0.29, 0.717) is 6.42 Å². The van der Waals surface area contributed by atoms with Crippen LogP contribution in [-0.2, 0) is 28.6 Å². The number of benzene rings is 2. The molecule has 0 spiro atoms. The van der Waals surface area contributed by atoms with Gasteiger partial charge in [-0.05, 0) is 84.9 Å². The molecular formula is C30H41NO7S. The molecule has 1 N–H and O–H groups in total. The van der Waals surface area contributed by atoms with Gasteiger partial charge < -0.3 is 14.8 Å². The van der Waals surface area contributed by atoms with Crippen LogP contribution < -0.4 is 5.32 Å². The van der Waals surface area contributed by atoms with Crippen LogP contribution in [0.5, 0.6) is 0 Å². The topological polar surface area (TPSA) is 108 Å². The van der Waals surface area contributed by atoms with E-state index < -0.39 is 45.3 Å². The number of carbonyl (C=O) groups is 2. The van der Waals surface area contributed by atoms with Crippen LogP contribution in [0.1, 0.15) is 65.5 Å². The molecule has 0 fully saturated rings. The zero-order valence-corrected chi connectivity index (χ0v) is 24.7. The number of hydrogen-bond donors (Lipinski definition) is 1. The van der Waals surface area contributed by atoms with Crippen LogP contribution in [0.25, 0.3) is 6.08 Å². The maximum atomic E-state index is 13.1. The number of alkyl carbamates (subject to hydrolysis) is 1. The van der Waals surface area contributed by atoms with Crippen LogP contribution >= 0.6 is 0 Å². The Morgan fingerprint density at radius 1 is 0.897 bits per heavy atom. The number of nitrogens with one attached hydrogen (secondary N) is 1. The van der Waals surface area contributed by atoms with Crippen LogP contribution in [0.15, 0.2) is 65.6 Å². The van der Waals surface area contributed by atoms with E-state index in [0.717, 1.165) is 11.1 Å². The summed E-state index contributed by atoms with van der Waals surface area (Å²) in [4.78, 5) is 25.7. The van der Waals surface area contributed by atoms with E-state index >= 15 is 0 Å². The summed E-state index contributed by atoms with van der Waals surface area (Å²) in [7, 11) is -4.03. The Bertz CT molecular complexity index is 1210. The molecule has 0 heterocycles. The average Bonchev–Trinajstić information content (AvgIpc) is 2.80. The maximum absolute atomic E-state index is 13.1. The number of amides is 1. The average molecular weight is 560 g/mol. The number of rotatable bonds is 11. The van der Waals surface area contributed by atoms with Crippen LogP contribution in [0, 0.1) is 12.8 Å². The molecule has 8 nitrogen and oxygen atoms in total. The zero-order chi connectivity index (χ0) is 29.3. The Morgan fingerprint density at radius 2 is 1.49 bits per heavy atom. The number of ether oxygens (including phenoxy) is 2. The molecule has 2 aromatic carbocycles. The third kappa shape index (κ3) is 12.5. The second-order valence-corrected chi connectivity index (χ2v) is 13.0. The van der Waals surface area contributed by atoms with Crippen LogP contribution in [-0.4, -0.2) is 44.3 Å². The van der Waals surface area contributed by atoms with Crippen molar-refractivity contribution in [3.05, 3.63) is 71.8 Å². The lowest BCUT2D eigenvalue weighted by atomic mass is 9.96. The van der Waals surface area contributed by atoms with E-state index in [1.54, 1.807) is 53.7 Å². The van der Waals surface area contributed by atoms with Gasteiger partial charge in [0.1, 0.15) is 17.2 Å². The van der Waals surface area contributed by atoms with E-state index in [4.69, 9.17) is 13.7 Å². The van der Waals surface area contributed by atoms with E-state index in [2.05, 4.69) is 5.32 Å². The van der Waals surface area contributed by atoms with E-state index in [1.165, 1.54) is 12.1 Å². The molecule has 0 unspecified atom stereocenters. The molecule has 2 aromatic rings. The van der Waals surface area contributed by atoms with E-state index in [-0.39, 0.29) is 17.9 Å². The molecule has 9 heteroatoms. The first kappa shape index (κ1) is 32.0. The van der Waals surface area contributed by atoms with Gasteiger partial charge in [0, 0.05) is 0 Å². The third-order valence-corrected chi connectivity index (χ3v) is 6.60. The highest BCUT2D eigenvalue weighted by Crippen LogP contribution is 2.21. The van der Waals surface area contributed by atoms with Crippen molar-refractivity contribution in [3.63, 3.8) is 0 Å². The molecule has 2 atom stereocenters. The SMILES string of the molecule is Cc1ccc(S(=O)(=O)OC[C@@H](C/C=C/c2ccccc2)C[C@H](NC(=O)OC(C)(C)C)C(=O)OC(C)(C)C)cc1. The number of esters is 1. The molecular weight excluding hydrogens is 518 g/mol. The fourth-order valence-electron chi connectivity index (χ4n) is 3.52. The lowest BCUT2D eigenvalue weighted by Gasteiger charge is -2.28. The summed E-state index contributed by atoms with van der Waals surface area (Å²) in [5.74, 6) is -1.11. The summed E-state index contributed by atoms with van der Waals surface area (Å²) in [5, 5.41) is 2.60. The summed E-state index contributed by atoms with van der Waals surface area (Å²) in [5.41, 5.74) is 0.330. The summed E-state index contributed by atoms with van der Waals surface area (Å²) in [6.45, 7) is 12.0. The number of hydrogen-bond acceptors (Lipinski definition) is 7. The quantitative estimate of drug-likeness (QED) is 0.264. The Labute approximate surface area is 232 Å². The third-order valence-electron chi connectivity index (χ3n) is 5.30. The minimum absolute atomic E-state index is 0.0437. The van der Waals surface area contributed by atoms with Crippen molar-refractivity contribution in [3.8, 4) is 0 Å². The summed E-state index contributed by atoms with van der Waals surface area (Å²) in [6.07, 6.45) is 3.47. The number of aryl methyl sites for hydroxylation is 1. The van der Waals surface area contributed by atoms with Crippen LogP contribution in [0.3, 0.4) is 0 Å². The van der Waals surface area contributed by atoms with E-state index in [1.807, 2.05) is 49.4 Å². The first-order valence-electron chi connectivity index (χ1n) is 12.9. The zero-order valence-electron chi connectivity index (χ0n) is 23.9. The van der Waals surface area contributed by atoms with Gasteiger partial charge in [-0.15, -0.1) is 0 Å². The standard InChI is InChI=1S/C30H41NO7S/c1-22-16-18-25(19-17-22)39(34,35)36-21-24(15-11-14-23-12-9-8-10-13-23)20-26(27(32)37-29(2,3)4)31-28(33)38-30(5,6)7/h8-14,16-19,24,26H,15,20-21H2,1-7H3,(H,31,33)/b14-11+/t24-,26-/m0/s1. The molecule has 0 radical (unpaired) electrons. The van der Waals surface area contributed by atoms with Gasteiger partial charge in [-0.25, -0.2) is 9.59 Å². The monoisotopic (exact) mass is 559 g/mol. The normalized spacial score (nSPS) is 14.0. The minimum atomic E-state index is -4.03. The summed E-state index contributed by atoms with van der Waals surface area (Å²) < 4.78 is 42.1. The van der Waals surface area contributed by atoms with Gasteiger partial charge in [0.15, 0.2) is 0 Å². The van der Waals surface area contributed by atoms with Gasteiger partial charge in [-0.1, -0.05) is 60.2 Å². The van der Waals surface area contributed by atoms with Gasteiger partial charge >= 0.3 is 12.1 Å². The maximum Gasteiger partial charge on any atom is 0.408 e. The van der Waals surface area contributed by atoms with Crippen molar-refractivity contribution in [2.24, 2.45) is 5.92 Å². The molecule has 0 aliphatic heterocycles. The predicted octanol–water partition coefficient (Wildman–Crippen LogP) is 6.05. The van der Waals surface area contributed by atoms with Crippen molar-refractivity contribution in [2.45, 2.75) is 83.4 Å². The fraction of sp³-hybridized carbons (Fsp3) is 0.467. The van der Waals surface area contributed by atoms with Crippen LogP contribution in [0.4, 0.5) is 4.79 Å². The second-order valence-electron chi connectivity index (χ2n) is 11.4. The Hall–Kier alpha value is -3.17. The molecule has 0 saturated carbocycles. The van der Waals surface area contributed by atoms with Gasteiger partial charge in [0.05, 0.1) is 11.5 Å². The van der Waals surface area contributed by atoms with Gasteiger partial charge in [0.25, 0.3) is 10.1 Å². The molecule has 214 valence electrons. The predicted molar refractivity (Wildman–Crippen MR) is 152 cm³/mol. The van der Waals surface area contributed by atoms with Gasteiger partial charge in [-0.3, -0.25) is 4.18 Å².